The molecule has 1 fully saturated rings. The van der Waals surface area contributed by atoms with Crippen LogP contribution < -0.4 is 5.73 Å². The number of nitrogens with zero attached hydrogens (tertiary/aromatic N) is 1. The predicted molar refractivity (Wildman–Crippen MR) is 59.3 cm³/mol. The fraction of sp³-hybridized carbons (Fsp3) is 0.583. The average molecular weight is 224 g/mol. The third kappa shape index (κ3) is 3.00. The summed E-state index contributed by atoms with van der Waals surface area (Å²) in [5.41, 5.74) is 6.74. The molecule has 2 unspecified atom stereocenters. The van der Waals surface area contributed by atoms with Crippen LogP contribution in [0.25, 0.3) is 0 Å². The predicted octanol–water partition coefficient (Wildman–Crippen LogP) is 2.18. The molecule has 2 N–H and O–H groups in total. The number of ether oxygens (including phenoxy) is 1. The minimum absolute atomic E-state index is 0.146. The quantitative estimate of drug-likeness (QED) is 0.852. The SMILES string of the molecule is NC(CCC1CCCO1)c1cncc(F)c1. The Hall–Kier alpha value is -1.00. The highest BCUT2D eigenvalue weighted by atomic mass is 19.1. The van der Waals surface area contributed by atoms with Crippen LogP contribution in [0.2, 0.25) is 0 Å². The number of aromatic nitrogens is 1. The maximum absolute atomic E-state index is 12.9. The van der Waals surface area contributed by atoms with Gasteiger partial charge in [-0.15, -0.1) is 0 Å². The number of hydrogen-bond donors (Lipinski definition) is 1. The molecular weight excluding hydrogens is 207 g/mol. The van der Waals surface area contributed by atoms with Crippen molar-refractivity contribution in [2.75, 3.05) is 6.61 Å². The summed E-state index contributed by atoms with van der Waals surface area (Å²) in [4.78, 5) is 3.80. The number of halogens is 1. The molecule has 1 saturated heterocycles. The minimum atomic E-state index is -0.329. The van der Waals surface area contributed by atoms with Crippen molar-refractivity contribution in [1.29, 1.82) is 0 Å². The fourth-order valence-electron chi connectivity index (χ4n) is 2.04. The van der Waals surface area contributed by atoms with Gasteiger partial charge in [0.15, 0.2) is 0 Å². The first-order valence-corrected chi connectivity index (χ1v) is 5.73. The molecule has 0 aliphatic carbocycles. The van der Waals surface area contributed by atoms with Crippen LogP contribution in [0.1, 0.15) is 37.3 Å². The molecule has 1 aromatic rings. The largest absolute Gasteiger partial charge is 0.378 e. The summed E-state index contributed by atoms with van der Waals surface area (Å²) in [6.07, 6.45) is 7.18. The Morgan fingerprint density at radius 3 is 3.12 bits per heavy atom. The van der Waals surface area contributed by atoms with E-state index in [1.807, 2.05) is 0 Å². The maximum Gasteiger partial charge on any atom is 0.141 e. The zero-order valence-corrected chi connectivity index (χ0v) is 9.23. The van der Waals surface area contributed by atoms with E-state index in [1.54, 1.807) is 6.20 Å². The average Bonchev–Trinajstić information content (AvgIpc) is 2.78. The van der Waals surface area contributed by atoms with Gasteiger partial charge >= 0.3 is 0 Å². The second-order valence-corrected chi connectivity index (χ2v) is 4.26. The van der Waals surface area contributed by atoms with Crippen LogP contribution in [0.3, 0.4) is 0 Å². The molecule has 3 nitrogen and oxygen atoms in total. The molecule has 2 atom stereocenters. The van der Waals surface area contributed by atoms with E-state index in [2.05, 4.69) is 4.98 Å². The van der Waals surface area contributed by atoms with Crippen LogP contribution in [0, 0.1) is 5.82 Å². The van der Waals surface area contributed by atoms with E-state index in [4.69, 9.17) is 10.5 Å². The molecule has 16 heavy (non-hydrogen) atoms. The maximum atomic E-state index is 12.9. The van der Waals surface area contributed by atoms with Gasteiger partial charge in [0.2, 0.25) is 0 Å². The lowest BCUT2D eigenvalue weighted by Crippen LogP contribution is -2.14. The molecule has 0 aromatic carbocycles. The van der Waals surface area contributed by atoms with E-state index in [1.165, 1.54) is 12.3 Å². The zero-order valence-electron chi connectivity index (χ0n) is 9.23. The Morgan fingerprint density at radius 2 is 2.44 bits per heavy atom. The number of pyridine rings is 1. The molecule has 0 amide bonds. The van der Waals surface area contributed by atoms with Crippen LogP contribution >= 0.6 is 0 Å². The molecule has 0 spiro atoms. The summed E-state index contributed by atoms with van der Waals surface area (Å²) in [6, 6.07) is 1.31. The van der Waals surface area contributed by atoms with Crippen LogP contribution in [0.4, 0.5) is 4.39 Å². The standard InChI is InChI=1S/C12H17FN2O/c13-10-6-9(7-15-8-10)12(14)4-3-11-2-1-5-16-11/h6-8,11-12H,1-5,14H2. The highest BCUT2D eigenvalue weighted by Gasteiger charge is 2.17. The van der Waals surface area contributed by atoms with E-state index in [-0.39, 0.29) is 11.9 Å². The Bertz CT molecular complexity index is 340. The van der Waals surface area contributed by atoms with Crippen molar-refractivity contribution >= 4 is 0 Å². The highest BCUT2D eigenvalue weighted by molar-refractivity contribution is 5.14. The highest BCUT2D eigenvalue weighted by Crippen LogP contribution is 2.22. The molecule has 0 bridgehead atoms. The van der Waals surface area contributed by atoms with Crippen molar-refractivity contribution in [3.63, 3.8) is 0 Å². The minimum Gasteiger partial charge on any atom is -0.378 e. The van der Waals surface area contributed by atoms with E-state index in [9.17, 15) is 4.39 Å². The lowest BCUT2D eigenvalue weighted by molar-refractivity contribution is 0.101. The first-order valence-electron chi connectivity index (χ1n) is 5.73. The third-order valence-electron chi connectivity index (χ3n) is 2.98. The topological polar surface area (TPSA) is 48.1 Å². The second kappa shape index (κ2) is 5.37. The first-order chi connectivity index (χ1) is 7.75. The summed E-state index contributed by atoms with van der Waals surface area (Å²) in [7, 11) is 0. The van der Waals surface area contributed by atoms with Crippen LogP contribution in [0.5, 0.6) is 0 Å². The Balaban J connectivity index is 1.85. The molecular formula is C12H17FN2O. The smallest absolute Gasteiger partial charge is 0.141 e. The summed E-state index contributed by atoms with van der Waals surface area (Å²) in [6.45, 7) is 0.863. The van der Waals surface area contributed by atoms with E-state index < -0.39 is 0 Å². The van der Waals surface area contributed by atoms with E-state index >= 15 is 0 Å². The van der Waals surface area contributed by atoms with Gasteiger partial charge in [0.1, 0.15) is 5.82 Å². The van der Waals surface area contributed by atoms with Crippen molar-refractivity contribution < 1.29 is 9.13 Å². The van der Waals surface area contributed by atoms with Crippen molar-refractivity contribution in [3.8, 4) is 0 Å². The van der Waals surface area contributed by atoms with Crippen molar-refractivity contribution in [2.45, 2.75) is 37.8 Å². The van der Waals surface area contributed by atoms with Crippen molar-refractivity contribution in [1.82, 2.24) is 4.98 Å². The Labute approximate surface area is 94.8 Å². The number of nitrogens with two attached hydrogens (primary N) is 1. The molecule has 2 rings (SSSR count). The van der Waals surface area contributed by atoms with Crippen LogP contribution in [-0.2, 0) is 4.74 Å². The third-order valence-corrected chi connectivity index (χ3v) is 2.98. The van der Waals surface area contributed by atoms with E-state index in [0.717, 1.165) is 37.9 Å². The van der Waals surface area contributed by atoms with Crippen LogP contribution in [0.15, 0.2) is 18.5 Å². The monoisotopic (exact) mass is 224 g/mol. The molecule has 1 aromatic heterocycles. The summed E-state index contributed by atoms with van der Waals surface area (Å²) < 4.78 is 18.4. The molecule has 1 aliphatic rings. The van der Waals surface area contributed by atoms with Crippen LogP contribution in [-0.4, -0.2) is 17.7 Å². The van der Waals surface area contributed by atoms with Gasteiger partial charge in [-0.3, -0.25) is 4.98 Å². The molecule has 88 valence electrons. The van der Waals surface area contributed by atoms with Gasteiger partial charge < -0.3 is 10.5 Å². The van der Waals surface area contributed by atoms with Gasteiger partial charge in [0, 0.05) is 18.8 Å². The summed E-state index contributed by atoms with van der Waals surface area (Å²) in [5.74, 6) is -0.329. The Kier molecular flexibility index (Phi) is 3.85. The normalized spacial score (nSPS) is 22.2. The molecule has 2 heterocycles. The molecule has 0 saturated carbocycles. The van der Waals surface area contributed by atoms with Gasteiger partial charge in [0.05, 0.1) is 12.3 Å². The van der Waals surface area contributed by atoms with E-state index in [0.29, 0.717) is 6.10 Å². The van der Waals surface area contributed by atoms with Crippen molar-refractivity contribution in [2.24, 2.45) is 5.73 Å². The first kappa shape index (κ1) is 11.5. The van der Waals surface area contributed by atoms with Crippen molar-refractivity contribution in [3.05, 3.63) is 29.8 Å². The lowest BCUT2D eigenvalue weighted by Gasteiger charge is -2.14. The van der Waals surface area contributed by atoms with Gasteiger partial charge in [-0.05, 0) is 37.3 Å². The van der Waals surface area contributed by atoms with Gasteiger partial charge in [-0.1, -0.05) is 0 Å². The molecule has 1 aliphatic heterocycles. The molecule has 4 heteroatoms. The molecule has 0 radical (unpaired) electrons. The van der Waals surface area contributed by atoms with Gasteiger partial charge in [0.25, 0.3) is 0 Å². The van der Waals surface area contributed by atoms with Gasteiger partial charge in [-0.25, -0.2) is 4.39 Å². The zero-order chi connectivity index (χ0) is 11.4. The van der Waals surface area contributed by atoms with Gasteiger partial charge in [-0.2, -0.15) is 0 Å². The summed E-state index contributed by atoms with van der Waals surface area (Å²) >= 11 is 0. The fourth-order valence-corrected chi connectivity index (χ4v) is 2.04. The Morgan fingerprint density at radius 1 is 1.56 bits per heavy atom. The lowest BCUT2D eigenvalue weighted by atomic mass is 10.0. The summed E-state index contributed by atoms with van der Waals surface area (Å²) in [5, 5.41) is 0. The second-order valence-electron chi connectivity index (χ2n) is 4.26. The number of rotatable bonds is 4. The number of hydrogen-bond acceptors (Lipinski definition) is 3.